The van der Waals surface area contributed by atoms with Gasteiger partial charge in [-0.1, -0.05) is 42.5 Å². The number of cyclic esters (lactones) is 1. The Labute approximate surface area is 184 Å². The Morgan fingerprint density at radius 3 is 2.71 bits per heavy atom. The van der Waals surface area contributed by atoms with Gasteiger partial charge in [0.2, 0.25) is 11.8 Å². The highest BCUT2D eigenvalue weighted by Crippen LogP contribution is 2.16. The monoisotopic (exact) mass is 430 g/mol. The molecule has 1 aliphatic rings. The Kier molecular flexibility index (Phi) is 10.8. The summed E-state index contributed by atoms with van der Waals surface area (Å²) in [6, 6.07) is 9.24. The summed E-state index contributed by atoms with van der Waals surface area (Å²) in [4.78, 5) is 39.2. The Balaban J connectivity index is 2.06. The van der Waals surface area contributed by atoms with Crippen molar-refractivity contribution < 1.29 is 24.2 Å². The van der Waals surface area contributed by atoms with Gasteiger partial charge < -0.3 is 20.1 Å². The van der Waals surface area contributed by atoms with E-state index in [-0.39, 0.29) is 50.0 Å². The van der Waals surface area contributed by atoms with Crippen LogP contribution in [0.4, 0.5) is 0 Å². The van der Waals surface area contributed by atoms with Crippen LogP contribution in [-0.4, -0.2) is 53.6 Å². The van der Waals surface area contributed by atoms with Crippen LogP contribution in [0.3, 0.4) is 0 Å². The summed E-state index contributed by atoms with van der Waals surface area (Å²) in [5, 5.41) is 12.3. The molecule has 170 valence electrons. The minimum absolute atomic E-state index is 0.0511. The fourth-order valence-electron chi connectivity index (χ4n) is 3.44. The Hall–Kier alpha value is -2.67. The number of aliphatic hydroxyl groups excluding tert-OH is 1. The maximum Gasteiger partial charge on any atom is 0.305 e. The van der Waals surface area contributed by atoms with Crippen LogP contribution < -0.4 is 5.32 Å². The van der Waals surface area contributed by atoms with E-state index in [2.05, 4.69) is 5.32 Å². The molecule has 2 amide bonds. The fourth-order valence-corrected chi connectivity index (χ4v) is 3.44. The van der Waals surface area contributed by atoms with Gasteiger partial charge >= 0.3 is 5.97 Å². The molecule has 7 nitrogen and oxygen atoms in total. The minimum Gasteiger partial charge on any atom is -0.464 e. The molecule has 0 aromatic heterocycles. The van der Waals surface area contributed by atoms with Crippen molar-refractivity contribution in [1.82, 2.24) is 10.2 Å². The number of carbonyl (C=O) groups excluding carboxylic acids is 3. The molecule has 1 aromatic rings. The van der Waals surface area contributed by atoms with Crippen LogP contribution in [0.2, 0.25) is 0 Å². The summed E-state index contributed by atoms with van der Waals surface area (Å²) in [5.74, 6) is -1.19. The lowest BCUT2D eigenvalue weighted by Gasteiger charge is -2.25. The van der Waals surface area contributed by atoms with Crippen molar-refractivity contribution in [2.75, 3.05) is 19.8 Å². The minimum atomic E-state index is -0.526. The zero-order chi connectivity index (χ0) is 22.5. The molecule has 1 aromatic carbocycles. The third-order valence-electron chi connectivity index (χ3n) is 5.20. The van der Waals surface area contributed by atoms with Crippen LogP contribution in [0.25, 0.3) is 0 Å². The molecule has 0 saturated heterocycles. The fraction of sp³-hybridized carbons (Fsp3) is 0.542. The highest BCUT2D eigenvalue weighted by Gasteiger charge is 2.25. The average molecular weight is 431 g/mol. The smallest absolute Gasteiger partial charge is 0.305 e. The molecule has 0 aliphatic carbocycles. The number of hydrogen-bond donors (Lipinski definition) is 2. The number of nitrogens with one attached hydrogen (secondary N) is 1. The molecule has 0 spiro atoms. The molecule has 1 heterocycles. The van der Waals surface area contributed by atoms with Crippen molar-refractivity contribution in [1.29, 1.82) is 0 Å². The molecule has 1 aliphatic heterocycles. The van der Waals surface area contributed by atoms with Crippen molar-refractivity contribution in [2.45, 2.75) is 58.0 Å². The van der Waals surface area contributed by atoms with Gasteiger partial charge in [0.25, 0.3) is 0 Å². The van der Waals surface area contributed by atoms with E-state index < -0.39 is 5.92 Å². The number of ether oxygens (including phenoxy) is 1. The highest BCUT2D eigenvalue weighted by atomic mass is 16.5. The van der Waals surface area contributed by atoms with Crippen molar-refractivity contribution in [3.63, 3.8) is 0 Å². The zero-order valence-corrected chi connectivity index (χ0v) is 18.3. The maximum atomic E-state index is 13.0. The molecular formula is C24H34N2O5. The summed E-state index contributed by atoms with van der Waals surface area (Å²) in [7, 11) is 0. The second kappa shape index (κ2) is 13.6. The van der Waals surface area contributed by atoms with E-state index in [1.165, 1.54) is 0 Å². The van der Waals surface area contributed by atoms with E-state index >= 15 is 0 Å². The first-order chi connectivity index (χ1) is 15.0. The van der Waals surface area contributed by atoms with Crippen molar-refractivity contribution in [2.24, 2.45) is 5.92 Å². The van der Waals surface area contributed by atoms with Gasteiger partial charge in [0.05, 0.1) is 18.6 Å². The van der Waals surface area contributed by atoms with Crippen LogP contribution in [-0.2, 0) is 25.7 Å². The van der Waals surface area contributed by atoms with Crippen LogP contribution >= 0.6 is 0 Å². The van der Waals surface area contributed by atoms with E-state index in [0.717, 1.165) is 24.8 Å². The lowest BCUT2D eigenvalue weighted by Crippen LogP contribution is -2.42. The molecule has 0 radical (unpaired) electrons. The molecule has 2 rings (SSSR count). The Morgan fingerprint density at radius 1 is 1.19 bits per heavy atom. The predicted molar refractivity (Wildman–Crippen MR) is 118 cm³/mol. The highest BCUT2D eigenvalue weighted by molar-refractivity contribution is 5.86. The third kappa shape index (κ3) is 9.34. The van der Waals surface area contributed by atoms with Gasteiger partial charge in [-0.2, -0.15) is 0 Å². The number of carbonyl (C=O) groups is 3. The van der Waals surface area contributed by atoms with Crippen LogP contribution in [0, 0.1) is 5.92 Å². The summed E-state index contributed by atoms with van der Waals surface area (Å²) in [6.45, 7) is 2.35. The number of benzene rings is 1. The number of aliphatic hydroxyl groups is 1. The normalized spacial score (nSPS) is 21.0. The number of allylic oxidation sites excluding steroid dienone is 2. The lowest BCUT2D eigenvalue weighted by atomic mass is 9.98. The molecule has 0 bridgehead atoms. The van der Waals surface area contributed by atoms with Crippen LogP contribution in [0.5, 0.6) is 0 Å². The van der Waals surface area contributed by atoms with Gasteiger partial charge in [-0.05, 0) is 38.2 Å². The van der Waals surface area contributed by atoms with Gasteiger partial charge in [-0.3, -0.25) is 14.4 Å². The molecular weight excluding hydrogens is 396 g/mol. The number of amides is 2. The lowest BCUT2D eigenvalue weighted by molar-refractivity contribution is -0.145. The molecule has 0 saturated carbocycles. The predicted octanol–water partition coefficient (Wildman–Crippen LogP) is 2.58. The first-order valence-corrected chi connectivity index (χ1v) is 11.0. The van der Waals surface area contributed by atoms with Gasteiger partial charge in [-0.15, -0.1) is 0 Å². The number of hydrogen-bond acceptors (Lipinski definition) is 5. The summed E-state index contributed by atoms with van der Waals surface area (Å²) < 4.78 is 5.23. The quantitative estimate of drug-likeness (QED) is 0.534. The molecule has 7 heteroatoms. The second-order valence-corrected chi connectivity index (χ2v) is 7.97. The number of rotatable bonds is 6. The standard InChI is InChI=1S/C24H34N2O5/c1-19-18-31-23(29)13-9-4-2-3-8-12-21(24(30)25-19)16-22(28)26(14-15-27)17-20-10-6-5-7-11-20/h3,5-8,10-11,19,21,27H,2,4,9,12-18H2,1H3,(H,25,30)/t19-,21+/m0/s1. The summed E-state index contributed by atoms with van der Waals surface area (Å²) in [6.07, 6.45) is 7.29. The van der Waals surface area contributed by atoms with E-state index in [0.29, 0.717) is 19.4 Å². The van der Waals surface area contributed by atoms with E-state index in [1.807, 2.05) is 42.5 Å². The Bertz CT molecular complexity index is 735. The third-order valence-corrected chi connectivity index (χ3v) is 5.20. The van der Waals surface area contributed by atoms with Crippen LogP contribution in [0.15, 0.2) is 42.5 Å². The van der Waals surface area contributed by atoms with Crippen molar-refractivity contribution in [3.05, 3.63) is 48.0 Å². The van der Waals surface area contributed by atoms with E-state index in [4.69, 9.17) is 4.74 Å². The van der Waals surface area contributed by atoms with E-state index in [1.54, 1.807) is 11.8 Å². The Morgan fingerprint density at radius 2 is 1.97 bits per heavy atom. The molecule has 2 N–H and O–H groups in total. The SMILES string of the molecule is C[C@H]1COC(=O)CCCCC=CC[C@H](CC(=O)N(CCO)Cc2ccccc2)C(=O)N1. The topological polar surface area (TPSA) is 95.9 Å². The zero-order valence-electron chi connectivity index (χ0n) is 18.3. The average Bonchev–Trinajstić information content (AvgIpc) is 2.76. The largest absolute Gasteiger partial charge is 0.464 e. The first kappa shape index (κ1) is 24.6. The first-order valence-electron chi connectivity index (χ1n) is 11.0. The molecule has 31 heavy (non-hydrogen) atoms. The summed E-state index contributed by atoms with van der Waals surface area (Å²) in [5.41, 5.74) is 0.968. The molecule has 2 atom stereocenters. The van der Waals surface area contributed by atoms with Crippen molar-refractivity contribution in [3.8, 4) is 0 Å². The van der Waals surface area contributed by atoms with Gasteiger partial charge in [-0.25, -0.2) is 0 Å². The van der Waals surface area contributed by atoms with Gasteiger partial charge in [0.1, 0.15) is 6.61 Å². The second-order valence-electron chi connectivity index (χ2n) is 7.97. The van der Waals surface area contributed by atoms with Crippen LogP contribution in [0.1, 0.15) is 51.0 Å². The van der Waals surface area contributed by atoms with E-state index in [9.17, 15) is 19.5 Å². The summed E-state index contributed by atoms with van der Waals surface area (Å²) >= 11 is 0. The number of esters is 1. The molecule has 0 fully saturated rings. The van der Waals surface area contributed by atoms with Gasteiger partial charge in [0, 0.05) is 25.9 Å². The molecule has 0 unspecified atom stereocenters. The van der Waals surface area contributed by atoms with Crippen molar-refractivity contribution >= 4 is 17.8 Å². The maximum absolute atomic E-state index is 13.0. The van der Waals surface area contributed by atoms with Gasteiger partial charge in [0.15, 0.2) is 0 Å². The number of nitrogens with zero attached hydrogens (tertiary/aromatic N) is 1.